The van der Waals surface area contributed by atoms with Crippen molar-refractivity contribution in [3.8, 4) is 34.2 Å². The minimum absolute atomic E-state index is 0.611. The van der Waals surface area contributed by atoms with Crippen LogP contribution in [0.25, 0.3) is 97.8 Å². The highest BCUT2D eigenvalue weighted by molar-refractivity contribution is 7.26. The van der Waals surface area contributed by atoms with E-state index in [1.165, 1.54) is 41.7 Å². The van der Waals surface area contributed by atoms with Crippen LogP contribution in [-0.4, -0.2) is 15.0 Å². The number of hydrogen-bond donors (Lipinski definition) is 0. The Morgan fingerprint density at radius 1 is 0.413 bits per heavy atom. The summed E-state index contributed by atoms with van der Waals surface area (Å²) in [5.74, 6) is 1.89. The third-order valence-corrected chi connectivity index (χ3v) is 10.1. The van der Waals surface area contributed by atoms with E-state index in [0.717, 1.165) is 38.6 Å². The van der Waals surface area contributed by atoms with Crippen LogP contribution < -0.4 is 0 Å². The summed E-state index contributed by atoms with van der Waals surface area (Å²) >= 11 is 1.84. The summed E-state index contributed by atoms with van der Waals surface area (Å²) in [6.07, 6.45) is 0. The van der Waals surface area contributed by atoms with Crippen LogP contribution in [-0.2, 0) is 0 Å². The molecule has 0 unspecified atom stereocenters. The second-order valence-corrected chi connectivity index (χ2v) is 12.7. The molecule has 5 heteroatoms. The van der Waals surface area contributed by atoms with Gasteiger partial charge in [-0.15, -0.1) is 11.3 Å². The van der Waals surface area contributed by atoms with E-state index >= 15 is 0 Å². The smallest absolute Gasteiger partial charge is 0.164 e. The fourth-order valence-corrected chi connectivity index (χ4v) is 7.99. The van der Waals surface area contributed by atoms with E-state index in [2.05, 4.69) is 84.9 Å². The Morgan fingerprint density at radius 2 is 1.02 bits per heavy atom. The summed E-state index contributed by atoms with van der Waals surface area (Å²) in [7, 11) is 0. The summed E-state index contributed by atoms with van der Waals surface area (Å²) < 4.78 is 8.72. The van der Waals surface area contributed by atoms with Crippen molar-refractivity contribution in [3.05, 3.63) is 140 Å². The molecule has 46 heavy (non-hydrogen) atoms. The number of furan rings is 1. The quantitative estimate of drug-likeness (QED) is 0.188. The van der Waals surface area contributed by atoms with Crippen LogP contribution in [0, 0.1) is 0 Å². The molecule has 0 atom stereocenters. The Hall–Kier alpha value is -5.91. The first-order chi connectivity index (χ1) is 22.8. The standard InChI is InChI=1S/C41H23N3OS/c1-2-9-26(10-3-1)39-42-40(27-17-19-31-30-12-6-7-13-34(30)45-35(31)22-27)44-41(43-39)28-18-20-32-33-21-16-25-15-14-24-8-4-5-11-29(24)37(25)38(33)46-36(32)23-28/h1-23H. The highest BCUT2D eigenvalue weighted by Gasteiger charge is 2.17. The lowest BCUT2D eigenvalue weighted by molar-refractivity contribution is 0.669. The molecule has 0 bridgehead atoms. The molecule has 0 amide bonds. The lowest BCUT2D eigenvalue weighted by Gasteiger charge is -2.08. The second-order valence-electron chi connectivity index (χ2n) is 11.6. The summed E-state index contributed by atoms with van der Waals surface area (Å²) in [6, 6.07) is 48.6. The van der Waals surface area contributed by atoms with Gasteiger partial charge in [-0.2, -0.15) is 0 Å². The topological polar surface area (TPSA) is 51.8 Å². The number of hydrogen-bond acceptors (Lipinski definition) is 5. The molecule has 0 radical (unpaired) electrons. The van der Waals surface area contributed by atoms with Gasteiger partial charge in [-0.05, 0) is 40.4 Å². The number of aromatic nitrogens is 3. The van der Waals surface area contributed by atoms with Crippen molar-refractivity contribution in [2.45, 2.75) is 0 Å². The summed E-state index contributed by atoms with van der Waals surface area (Å²) in [4.78, 5) is 15.0. The van der Waals surface area contributed by atoms with E-state index in [0.29, 0.717) is 17.5 Å². The predicted octanol–water partition coefficient (Wildman–Crippen LogP) is 11.4. The molecule has 0 saturated heterocycles. The van der Waals surface area contributed by atoms with Gasteiger partial charge in [-0.3, -0.25) is 0 Å². The largest absolute Gasteiger partial charge is 0.456 e. The van der Waals surface area contributed by atoms with Crippen LogP contribution in [0.2, 0.25) is 0 Å². The molecule has 3 heterocycles. The van der Waals surface area contributed by atoms with Gasteiger partial charge in [-0.1, -0.05) is 115 Å². The third kappa shape index (κ3) is 3.89. The Balaban J connectivity index is 1.17. The average molecular weight is 606 g/mol. The van der Waals surface area contributed by atoms with Gasteiger partial charge in [0.05, 0.1) is 0 Å². The molecule has 7 aromatic carbocycles. The molecule has 10 aromatic rings. The normalized spacial score (nSPS) is 11.9. The molecule has 0 saturated carbocycles. The van der Waals surface area contributed by atoms with Crippen molar-refractivity contribution in [2.24, 2.45) is 0 Å². The molecule has 0 aliphatic rings. The van der Waals surface area contributed by atoms with Crippen molar-refractivity contribution in [3.63, 3.8) is 0 Å². The number of fused-ring (bicyclic) bond motifs is 10. The number of nitrogens with zero attached hydrogens (tertiary/aromatic N) is 3. The van der Waals surface area contributed by atoms with Crippen molar-refractivity contribution in [1.29, 1.82) is 0 Å². The first kappa shape index (κ1) is 25.4. The van der Waals surface area contributed by atoms with E-state index < -0.39 is 0 Å². The van der Waals surface area contributed by atoms with E-state index in [-0.39, 0.29) is 0 Å². The molecule has 0 aliphatic carbocycles. The summed E-state index contributed by atoms with van der Waals surface area (Å²) in [6.45, 7) is 0. The number of thiophene rings is 1. The van der Waals surface area contributed by atoms with Gasteiger partial charge in [-0.25, -0.2) is 15.0 Å². The van der Waals surface area contributed by atoms with Crippen molar-refractivity contribution in [1.82, 2.24) is 15.0 Å². The Kier molecular flexibility index (Phi) is 5.41. The molecule has 4 nitrogen and oxygen atoms in total. The van der Waals surface area contributed by atoms with Gasteiger partial charge >= 0.3 is 0 Å². The monoisotopic (exact) mass is 605 g/mol. The molecule has 214 valence electrons. The molecule has 0 N–H and O–H groups in total. The zero-order valence-corrected chi connectivity index (χ0v) is 25.3. The van der Waals surface area contributed by atoms with Crippen LogP contribution in [0.5, 0.6) is 0 Å². The zero-order chi connectivity index (χ0) is 30.2. The van der Waals surface area contributed by atoms with Gasteiger partial charge in [0.25, 0.3) is 0 Å². The number of para-hydroxylation sites is 1. The third-order valence-electron chi connectivity index (χ3n) is 8.91. The first-order valence-electron chi connectivity index (χ1n) is 15.3. The van der Waals surface area contributed by atoms with Crippen molar-refractivity contribution in [2.75, 3.05) is 0 Å². The lowest BCUT2D eigenvalue weighted by atomic mass is 9.99. The van der Waals surface area contributed by atoms with E-state index in [1.807, 2.05) is 65.9 Å². The lowest BCUT2D eigenvalue weighted by Crippen LogP contribution is -2.00. The number of rotatable bonds is 3. The fourth-order valence-electron chi connectivity index (χ4n) is 6.68. The van der Waals surface area contributed by atoms with Crippen molar-refractivity contribution < 1.29 is 4.42 Å². The van der Waals surface area contributed by atoms with E-state index in [1.54, 1.807) is 0 Å². The van der Waals surface area contributed by atoms with Crippen LogP contribution in [0.15, 0.2) is 144 Å². The number of benzene rings is 7. The van der Waals surface area contributed by atoms with Gasteiger partial charge in [0.15, 0.2) is 17.5 Å². The first-order valence-corrected chi connectivity index (χ1v) is 16.1. The van der Waals surface area contributed by atoms with Gasteiger partial charge in [0.2, 0.25) is 0 Å². The van der Waals surface area contributed by atoms with Gasteiger partial charge in [0.1, 0.15) is 11.2 Å². The summed E-state index contributed by atoms with van der Waals surface area (Å²) in [5.41, 5.74) is 4.47. The highest BCUT2D eigenvalue weighted by Crippen LogP contribution is 2.42. The second kappa shape index (κ2) is 9.80. The predicted molar refractivity (Wildman–Crippen MR) is 191 cm³/mol. The Morgan fingerprint density at radius 3 is 1.87 bits per heavy atom. The maximum atomic E-state index is 6.21. The minimum Gasteiger partial charge on any atom is -0.456 e. The van der Waals surface area contributed by atoms with Gasteiger partial charge in [0, 0.05) is 53.0 Å². The van der Waals surface area contributed by atoms with Crippen LogP contribution in [0.4, 0.5) is 0 Å². The zero-order valence-electron chi connectivity index (χ0n) is 24.4. The van der Waals surface area contributed by atoms with Crippen LogP contribution >= 0.6 is 11.3 Å². The SMILES string of the molecule is c1ccc(-c2nc(-c3ccc4c(c3)oc3ccccc34)nc(-c3ccc4c(c3)sc3c4ccc4ccc5ccccc5c43)n2)cc1. The molecular weight excluding hydrogens is 583 g/mol. The summed E-state index contributed by atoms with van der Waals surface area (Å²) in [5, 5.41) is 9.81. The molecular formula is C41H23N3OS. The maximum absolute atomic E-state index is 6.21. The minimum atomic E-state index is 0.611. The molecule has 0 aliphatic heterocycles. The Bertz CT molecular complexity index is 2820. The Labute approximate surface area is 267 Å². The molecule has 0 spiro atoms. The van der Waals surface area contributed by atoms with E-state index in [9.17, 15) is 0 Å². The van der Waals surface area contributed by atoms with Crippen LogP contribution in [0.3, 0.4) is 0 Å². The van der Waals surface area contributed by atoms with Crippen molar-refractivity contribution >= 4 is 75.0 Å². The van der Waals surface area contributed by atoms with Gasteiger partial charge < -0.3 is 4.42 Å². The molecule has 3 aromatic heterocycles. The molecule has 0 fully saturated rings. The fraction of sp³-hybridized carbons (Fsp3) is 0. The highest BCUT2D eigenvalue weighted by atomic mass is 32.1. The maximum Gasteiger partial charge on any atom is 0.164 e. The van der Waals surface area contributed by atoms with Crippen LogP contribution in [0.1, 0.15) is 0 Å². The average Bonchev–Trinajstić information content (AvgIpc) is 3.69. The molecule has 10 rings (SSSR count). The van der Waals surface area contributed by atoms with E-state index in [4.69, 9.17) is 19.4 Å².